The van der Waals surface area contributed by atoms with E-state index in [-0.39, 0.29) is 5.41 Å². The van der Waals surface area contributed by atoms with Crippen molar-refractivity contribution in [1.29, 1.82) is 0 Å². The van der Waals surface area contributed by atoms with E-state index in [2.05, 4.69) is 40.3 Å². The van der Waals surface area contributed by atoms with Crippen LogP contribution in [0.3, 0.4) is 0 Å². The molecule has 4 unspecified atom stereocenters. The molecule has 3 aliphatic carbocycles. The highest BCUT2D eigenvalue weighted by molar-refractivity contribution is 5.97. The van der Waals surface area contributed by atoms with Crippen LogP contribution >= 0.6 is 0 Å². The van der Waals surface area contributed by atoms with Gasteiger partial charge in [-0.15, -0.1) is 6.58 Å². The molecular formula is C20H30O. The van der Waals surface area contributed by atoms with Crippen LogP contribution < -0.4 is 0 Å². The van der Waals surface area contributed by atoms with E-state index in [9.17, 15) is 4.79 Å². The van der Waals surface area contributed by atoms with Crippen molar-refractivity contribution in [3.63, 3.8) is 0 Å². The number of carbonyl (C=O) groups excluding carboxylic acids is 1. The van der Waals surface area contributed by atoms with Crippen LogP contribution in [-0.4, -0.2) is 5.78 Å². The normalized spacial score (nSPS) is 45.3. The summed E-state index contributed by atoms with van der Waals surface area (Å²) in [6.45, 7) is 13.4. The fraction of sp³-hybridized carbons (Fsp3) is 0.750. The molecule has 4 atom stereocenters. The first-order valence-corrected chi connectivity index (χ1v) is 8.61. The van der Waals surface area contributed by atoms with Gasteiger partial charge in [-0.3, -0.25) is 4.79 Å². The Balaban J connectivity index is 2.05. The van der Waals surface area contributed by atoms with Gasteiger partial charge in [-0.25, -0.2) is 0 Å². The summed E-state index contributed by atoms with van der Waals surface area (Å²) in [4.78, 5) is 12.8. The van der Waals surface area contributed by atoms with Crippen LogP contribution in [0.25, 0.3) is 0 Å². The Morgan fingerprint density at radius 3 is 2.57 bits per heavy atom. The van der Waals surface area contributed by atoms with E-state index < -0.39 is 0 Å². The van der Waals surface area contributed by atoms with E-state index in [1.165, 1.54) is 19.3 Å². The first kappa shape index (κ1) is 15.1. The molecule has 0 aromatic carbocycles. The first-order valence-electron chi connectivity index (χ1n) is 8.61. The van der Waals surface area contributed by atoms with E-state index in [1.54, 1.807) is 0 Å². The van der Waals surface area contributed by atoms with Crippen LogP contribution in [0, 0.1) is 28.1 Å². The molecule has 0 heterocycles. The lowest BCUT2D eigenvalue weighted by atomic mass is 9.45. The lowest BCUT2D eigenvalue weighted by Gasteiger charge is -2.58. The van der Waals surface area contributed by atoms with E-state index in [1.807, 2.05) is 6.08 Å². The quantitative estimate of drug-likeness (QED) is 0.596. The van der Waals surface area contributed by atoms with Crippen molar-refractivity contribution in [2.24, 2.45) is 28.1 Å². The smallest absolute Gasteiger partial charge is 0.159 e. The molecule has 0 aromatic rings. The van der Waals surface area contributed by atoms with Gasteiger partial charge in [0.1, 0.15) is 0 Å². The number of carbonyl (C=O) groups is 1. The highest BCUT2D eigenvalue weighted by Gasteiger charge is 2.56. The van der Waals surface area contributed by atoms with Crippen molar-refractivity contribution in [3.05, 3.63) is 24.3 Å². The molecule has 3 aliphatic rings. The summed E-state index contributed by atoms with van der Waals surface area (Å²) in [5.41, 5.74) is 1.80. The fourth-order valence-corrected chi connectivity index (χ4v) is 5.66. The van der Waals surface area contributed by atoms with E-state index in [0.29, 0.717) is 28.4 Å². The van der Waals surface area contributed by atoms with Gasteiger partial charge >= 0.3 is 0 Å². The predicted molar refractivity (Wildman–Crippen MR) is 88.0 cm³/mol. The molecule has 1 heteroatoms. The predicted octanol–water partition coefficient (Wildman–Crippen LogP) is 5.32. The third-order valence-corrected chi connectivity index (χ3v) is 7.08. The minimum Gasteiger partial charge on any atom is -0.295 e. The van der Waals surface area contributed by atoms with E-state index in [4.69, 9.17) is 0 Å². The largest absolute Gasteiger partial charge is 0.295 e. The Hall–Kier alpha value is -0.850. The van der Waals surface area contributed by atoms with Crippen LogP contribution in [0.4, 0.5) is 0 Å². The third-order valence-electron chi connectivity index (χ3n) is 7.08. The zero-order chi connectivity index (χ0) is 15.5. The second-order valence-corrected chi connectivity index (χ2v) is 8.93. The molecule has 1 nitrogen and oxygen atoms in total. The Bertz CT molecular complexity index is 512. The molecule has 0 amide bonds. The summed E-state index contributed by atoms with van der Waals surface area (Å²) < 4.78 is 0. The standard InChI is InChI=1S/C20H30O/c1-6-19(4)11-8-15-14(13-19)16(21)12-17-18(2,3)9-7-10-20(15,17)5/h6,13,15,17H,1,7-12H2,2-5H3. The number of allylic oxidation sites excluding steroid dienone is 3. The van der Waals surface area contributed by atoms with Gasteiger partial charge in [0.25, 0.3) is 0 Å². The van der Waals surface area contributed by atoms with Crippen molar-refractivity contribution in [2.75, 3.05) is 0 Å². The number of Topliss-reactive ketones (excluding diaryl/α,β-unsaturated/α-hetero) is 1. The topological polar surface area (TPSA) is 17.1 Å². The summed E-state index contributed by atoms with van der Waals surface area (Å²) in [5, 5.41) is 0. The minimum atomic E-state index is 0.0227. The molecule has 2 fully saturated rings. The third kappa shape index (κ3) is 2.15. The van der Waals surface area contributed by atoms with Crippen LogP contribution in [0.2, 0.25) is 0 Å². The molecule has 3 rings (SSSR count). The van der Waals surface area contributed by atoms with Crippen molar-refractivity contribution < 1.29 is 4.79 Å². The highest BCUT2D eigenvalue weighted by atomic mass is 16.1. The average molecular weight is 286 g/mol. The summed E-state index contributed by atoms with van der Waals surface area (Å²) in [7, 11) is 0. The van der Waals surface area contributed by atoms with Gasteiger partial charge in [0.05, 0.1) is 0 Å². The highest BCUT2D eigenvalue weighted by Crippen LogP contribution is 2.62. The molecule has 0 aliphatic heterocycles. The summed E-state index contributed by atoms with van der Waals surface area (Å²) in [6.07, 6.45) is 11.2. The lowest BCUT2D eigenvalue weighted by molar-refractivity contribution is -0.131. The zero-order valence-electron chi connectivity index (χ0n) is 14.2. The summed E-state index contributed by atoms with van der Waals surface area (Å²) >= 11 is 0. The number of hydrogen-bond donors (Lipinski definition) is 0. The Morgan fingerprint density at radius 1 is 1.19 bits per heavy atom. The maximum Gasteiger partial charge on any atom is 0.159 e. The molecule has 0 aromatic heterocycles. The van der Waals surface area contributed by atoms with Gasteiger partial charge in [0, 0.05) is 11.8 Å². The minimum absolute atomic E-state index is 0.0227. The summed E-state index contributed by atoms with van der Waals surface area (Å²) in [5.74, 6) is 1.46. The zero-order valence-corrected chi connectivity index (χ0v) is 14.2. The number of ketones is 1. The number of fused-ring (bicyclic) bond motifs is 3. The van der Waals surface area contributed by atoms with Gasteiger partial charge in [-0.1, -0.05) is 46.3 Å². The van der Waals surface area contributed by atoms with Gasteiger partial charge < -0.3 is 0 Å². The van der Waals surface area contributed by atoms with Crippen LogP contribution in [-0.2, 0) is 4.79 Å². The molecule has 0 N–H and O–H groups in total. The molecule has 21 heavy (non-hydrogen) atoms. The second kappa shape index (κ2) is 4.57. The molecule has 0 saturated heterocycles. The Labute approximate surface area is 129 Å². The molecule has 116 valence electrons. The molecule has 2 saturated carbocycles. The van der Waals surface area contributed by atoms with Gasteiger partial charge in [-0.2, -0.15) is 0 Å². The first-order chi connectivity index (χ1) is 9.72. The van der Waals surface area contributed by atoms with Gasteiger partial charge in [0.2, 0.25) is 0 Å². The monoisotopic (exact) mass is 286 g/mol. The van der Waals surface area contributed by atoms with Crippen molar-refractivity contribution in [3.8, 4) is 0 Å². The maximum atomic E-state index is 12.8. The Kier molecular flexibility index (Phi) is 3.28. The SMILES string of the molecule is C=CC1(C)C=C2C(=O)CC3C(C)(C)CCCC3(C)C2CC1. The summed E-state index contributed by atoms with van der Waals surface area (Å²) in [6, 6.07) is 0. The van der Waals surface area contributed by atoms with Crippen LogP contribution in [0.5, 0.6) is 0 Å². The fourth-order valence-electron chi connectivity index (χ4n) is 5.66. The van der Waals surface area contributed by atoms with Crippen molar-refractivity contribution in [1.82, 2.24) is 0 Å². The van der Waals surface area contributed by atoms with Crippen LogP contribution in [0.15, 0.2) is 24.3 Å². The van der Waals surface area contributed by atoms with E-state index >= 15 is 0 Å². The average Bonchev–Trinajstić information content (AvgIpc) is 2.41. The molecule has 0 bridgehead atoms. The van der Waals surface area contributed by atoms with E-state index in [0.717, 1.165) is 24.8 Å². The number of hydrogen-bond acceptors (Lipinski definition) is 1. The van der Waals surface area contributed by atoms with Crippen LogP contribution in [0.1, 0.15) is 66.2 Å². The second-order valence-electron chi connectivity index (χ2n) is 8.93. The lowest BCUT2D eigenvalue weighted by Crippen LogP contribution is -2.53. The molecule has 0 spiro atoms. The van der Waals surface area contributed by atoms with Gasteiger partial charge in [-0.05, 0) is 53.9 Å². The van der Waals surface area contributed by atoms with Gasteiger partial charge in [0.15, 0.2) is 5.78 Å². The van der Waals surface area contributed by atoms with Crippen molar-refractivity contribution in [2.45, 2.75) is 66.2 Å². The Morgan fingerprint density at radius 2 is 1.90 bits per heavy atom. The maximum absolute atomic E-state index is 12.8. The molecular weight excluding hydrogens is 256 g/mol. The van der Waals surface area contributed by atoms with Crippen molar-refractivity contribution >= 4 is 5.78 Å². The molecule has 0 radical (unpaired) electrons. The number of rotatable bonds is 1.